The van der Waals surface area contributed by atoms with Crippen LogP contribution in [0.15, 0.2) is 0 Å². The van der Waals surface area contributed by atoms with E-state index in [0.717, 1.165) is 46.4 Å². The fourth-order valence-electron chi connectivity index (χ4n) is 3.49. The first-order valence-electron chi connectivity index (χ1n) is 10.5. The van der Waals surface area contributed by atoms with E-state index in [1.165, 1.54) is 0 Å². The van der Waals surface area contributed by atoms with Crippen molar-refractivity contribution >= 4 is 47.6 Å². The van der Waals surface area contributed by atoms with Crippen molar-refractivity contribution in [1.82, 2.24) is 5.32 Å². The maximum atomic E-state index is 12.0. The Morgan fingerprint density at radius 2 is 1.29 bits per heavy atom. The van der Waals surface area contributed by atoms with E-state index in [1.54, 1.807) is 13.8 Å². The van der Waals surface area contributed by atoms with Crippen LogP contribution in [0.3, 0.4) is 0 Å². The molecule has 0 aromatic rings. The van der Waals surface area contributed by atoms with Crippen LogP contribution in [0, 0.1) is 0 Å². The van der Waals surface area contributed by atoms with E-state index in [-0.39, 0.29) is 0 Å². The summed E-state index contributed by atoms with van der Waals surface area (Å²) >= 11 is 1.10. The Kier molecular flexibility index (Phi) is 11.0. The van der Waals surface area contributed by atoms with E-state index >= 15 is 0 Å². The van der Waals surface area contributed by atoms with Crippen molar-refractivity contribution in [2.24, 2.45) is 0 Å². The van der Waals surface area contributed by atoms with Gasteiger partial charge in [0.25, 0.3) is 0 Å². The average molecular weight is 522 g/mol. The van der Waals surface area contributed by atoms with Gasteiger partial charge in [-0.25, -0.2) is 0 Å². The van der Waals surface area contributed by atoms with E-state index in [0.29, 0.717) is 0 Å². The van der Waals surface area contributed by atoms with Gasteiger partial charge in [0, 0.05) is 39.4 Å². The standard InChI is InChI=1S/C21H31NO12S/c1-9(23)30-8-14(31-10(2)24)15(32-11(3)25)16(33-12(4)26)17(34-13(5)27)19-22-18(20(28)29)21(6,7)35-19/h14-19,22H,8H2,1-7H3,(H,28,29)/t14-,15+,16+,17+,18+,19+/m1/s1. The van der Waals surface area contributed by atoms with Crippen molar-refractivity contribution in [1.29, 1.82) is 0 Å². The van der Waals surface area contributed by atoms with Crippen molar-refractivity contribution in [3.8, 4) is 0 Å². The molecule has 1 aliphatic rings. The molecule has 1 saturated heterocycles. The lowest BCUT2D eigenvalue weighted by atomic mass is 10.00. The Balaban J connectivity index is 3.59. The van der Waals surface area contributed by atoms with E-state index in [9.17, 15) is 33.9 Å². The summed E-state index contributed by atoms with van der Waals surface area (Å²) in [5.74, 6) is -5.27. The van der Waals surface area contributed by atoms with Gasteiger partial charge >= 0.3 is 35.8 Å². The number of carboxylic acids is 1. The molecule has 0 radical (unpaired) electrons. The summed E-state index contributed by atoms with van der Waals surface area (Å²) < 4.78 is 25.4. The number of carboxylic acid groups (broad SMARTS) is 1. The highest BCUT2D eigenvalue weighted by Crippen LogP contribution is 2.41. The van der Waals surface area contributed by atoms with Crippen molar-refractivity contribution in [2.75, 3.05) is 6.61 Å². The third-order valence-corrected chi connectivity index (χ3v) is 6.19. The van der Waals surface area contributed by atoms with Crippen LogP contribution in [0.25, 0.3) is 0 Å². The predicted molar refractivity (Wildman–Crippen MR) is 119 cm³/mol. The number of carbonyl (C=O) groups is 6. The highest BCUT2D eigenvalue weighted by atomic mass is 32.2. The van der Waals surface area contributed by atoms with Crippen LogP contribution in [-0.4, -0.2) is 88.1 Å². The topological polar surface area (TPSA) is 181 Å². The third-order valence-electron chi connectivity index (χ3n) is 4.69. The summed E-state index contributed by atoms with van der Waals surface area (Å²) in [6.07, 6.45) is -6.06. The molecule has 1 aliphatic heterocycles. The zero-order chi connectivity index (χ0) is 27.1. The van der Waals surface area contributed by atoms with Crippen molar-refractivity contribution in [3.63, 3.8) is 0 Å². The molecule has 35 heavy (non-hydrogen) atoms. The Morgan fingerprint density at radius 1 is 0.800 bits per heavy atom. The Hall–Kier alpha value is -2.87. The molecular weight excluding hydrogens is 490 g/mol. The van der Waals surface area contributed by atoms with Gasteiger partial charge < -0.3 is 28.8 Å². The lowest BCUT2D eigenvalue weighted by Gasteiger charge is -2.37. The van der Waals surface area contributed by atoms with Gasteiger partial charge in [-0.2, -0.15) is 0 Å². The molecule has 6 atom stereocenters. The predicted octanol–water partition coefficient (Wildman–Crippen LogP) is 0.171. The van der Waals surface area contributed by atoms with Gasteiger partial charge in [-0.15, -0.1) is 11.8 Å². The zero-order valence-electron chi connectivity index (χ0n) is 20.5. The van der Waals surface area contributed by atoms with E-state index in [2.05, 4.69) is 5.32 Å². The zero-order valence-corrected chi connectivity index (χ0v) is 21.3. The lowest BCUT2D eigenvalue weighted by molar-refractivity contribution is -0.203. The summed E-state index contributed by atoms with van der Waals surface area (Å²) in [7, 11) is 0. The number of hydrogen-bond donors (Lipinski definition) is 2. The summed E-state index contributed by atoms with van der Waals surface area (Å²) in [5, 5.41) is 11.5. The van der Waals surface area contributed by atoms with Crippen LogP contribution in [0.5, 0.6) is 0 Å². The van der Waals surface area contributed by atoms with E-state index in [4.69, 9.17) is 23.7 Å². The number of thioether (sulfide) groups is 1. The van der Waals surface area contributed by atoms with Crippen molar-refractivity contribution < 1.29 is 57.6 Å². The fraction of sp³-hybridized carbons (Fsp3) is 0.714. The first-order valence-corrected chi connectivity index (χ1v) is 11.4. The van der Waals surface area contributed by atoms with Gasteiger partial charge in [0.1, 0.15) is 12.6 Å². The number of aliphatic carboxylic acids is 1. The molecule has 0 amide bonds. The molecule has 1 fully saturated rings. The first-order chi connectivity index (χ1) is 16.0. The quantitative estimate of drug-likeness (QED) is 0.277. The van der Waals surface area contributed by atoms with Gasteiger partial charge in [-0.1, -0.05) is 0 Å². The number of hydrogen-bond acceptors (Lipinski definition) is 13. The molecule has 1 heterocycles. The lowest BCUT2D eigenvalue weighted by Crippen LogP contribution is -2.58. The van der Waals surface area contributed by atoms with Crippen LogP contribution in [0.4, 0.5) is 0 Å². The van der Waals surface area contributed by atoms with Crippen molar-refractivity contribution in [3.05, 3.63) is 0 Å². The van der Waals surface area contributed by atoms with E-state index < -0.39 is 83.0 Å². The molecule has 13 nitrogen and oxygen atoms in total. The Bertz CT molecular complexity index is 844. The van der Waals surface area contributed by atoms with Crippen LogP contribution in [-0.2, 0) is 52.5 Å². The van der Waals surface area contributed by atoms with E-state index in [1.807, 2.05) is 0 Å². The second-order valence-electron chi connectivity index (χ2n) is 8.25. The molecule has 0 saturated carbocycles. The highest BCUT2D eigenvalue weighted by Gasteiger charge is 2.54. The minimum Gasteiger partial charge on any atom is -0.480 e. The maximum Gasteiger partial charge on any atom is 0.322 e. The summed E-state index contributed by atoms with van der Waals surface area (Å²) in [6.45, 7) is 8.07. The number of carbonyl (C=O) groups excluding carboxylic acids is 5. The molecule has 14 heteroatoms. The Labute approximate surface area is 206 Å². The fourth-order valence-corrected chi connectivity index (χ4v) is 4.99. The van der Waals surface area contributed by atoms with Crippen LogP contribution >= 0.6 is 11.8 Å². The SMILES string of the molecule is CC(=O)OC[C@@H](OC(C)=O)[C@H](OC(C)=O)[C@H](OC(C)=O)[C@H](OC(C)=O)[C@H]1N[C@@H](C(=O)O)C(C)(C)S1. The van der Waals surface area contributed by atoms with Crippen LogP contribution < -0.4 is 5.32 Å². The number of esters is 5. The monoisotopic (exact) mass is 521 g/mol. The average Bonchev–Trinajstić information content (AvgIpc) is 3.00. The minimum atomic E-state index is -1.60. The van der Waals surface area contributed by atoms with Crippen molar-refractivity contribution in [2.45, 2.75) is 89.0 Å². The number of rotatable bonds is 11. The molecule has 2 N–H and O–H groups in total. The molecule has 0 unspecified atom stereocenters. The molecule has 0 bridgehead atoms. The second-order valence-corrected chi connectivity index (χ2v) is 10.0. The second kappa shape index (κ2) is 12.7. The smallest absolute Gasteiger partial charge is 0.322 e. The van der Waals surface area contributed by atoms with Gasteiger partial charge in [-0.3, -0.25) is 34.1 Å². The molecule has 0 spiro atoms. The normalized spacial score (nSPS) is 22.0. The first kappa shape index (κ1) is 30.2. The Morgan fingerprint density at radius 3 is 1.69 bits per heavy atom. The summed E-state index contributed by atoms with van der Waals surface area (Å²) in [6, 6.07) is -1.08. The highest BCUT2D eigenvalue weighted by molar-refractivity contribution is 8.01. The van der Waals surface area contributed by atoms with Gasteiger partial charge in [0.05, 0.1) is 5.37 Å². The van der Waals surface area contributed by atoms with Gasteiger partial charge in [0.2, 0.25) is 0 Å². The maximum absolute atomic E-state index is 12.0. The molecule has 1 rings (SSSR count). The molecule has 0 aromatic heterocycles. The largest absolute Gasteiger partial charge is 0.480 e. The third kappa shape index (κ3) is 9.36. The molecule has 198 valence electrons. The van der Waals surface area contributed by atoms with Gasteiger partial charge in [0.15, 0.2) is 24.4 Å². The van der Waals surface area contributed by atoms with Gasteiger partial charge in [-0.05, 0) is 13.8 Å². The summed E-state index contributed by atoms with van der Waals surface area (Å²) in [5.41, 5.74) is 0. The number of ether oxygens (including phenoxy) is 5. The molecule has 0 aromatic carbocycles. The minimum absolute atomic E-state index is 0.577. The molecule has 0 aliphatic carbocycles. The van der Waals surface area contributed by atoms with Crippen LogP contribution in [0.1, 0.15) is 48.5 Å². The van der Waals surface area contributed by atoms with Crippen LogP contribution in [0.2, 0.25) is 0 Å². The summed E-state index contributed by atoms with van der Waals surface area (Å²) in [4.78, 5) is 70.9. The number of nitrogens with one attached hydrogen (secondary N) is 1. The molecular formula is C21H31NO12S.